The van der Waals surface area contributed by atoms with E-state index in [1.165, 1.54) is 25.7 Å². The molecule has 18 heavy (non-hydrogen) atoms. The summed E-state index contributed by atoms with van der Waals surface area (Å²) in [5, 5.41) is 0.475. The number of thioether (sulfide) groups is 1. The molecule has 1 saturated carbocycles. The molecule has 1 aliphatic carbocycles. The standard InChI is InChI=1S/C12H16Cl3NS2/c13-10(11(14)15)7-18-12(17)16-5-8-1-2-9(6-16)4-3-8/h8-9H,1-7H2. The van der Waals surface area contributed by atoms with Crippen LogP contribution in [-0.4, -0.2) is 28.1 Å². The smallest absolute Gasteiger partial charge is 0.136 e. The Labute approximate surface area is 133 Å². The van der Waals surface area contributed by atoms with Crippen LogP contribution in [0.15, 0.2) is 9.52 Å². The van der Waals surface area contributed by atoms with Crippen molar-refractivity contribution < 1.29 is 0 Å². The Hall–Kier alpha value is 0.850. The van der Waals surface area contributed by atoms with E-state index in [0.29, 0.717) is 10.8 Å². The first kappa shape index (κ1) is 15.2. The number of hydrogen-bond donors (Lipinski definition) is 0. The molecule has 2 bridgehead atoms. The predicted octanol–water partition coefficient (Wildman–Crippen LogP) is 5.01. The first-order valence-electron chi connectivity index (χ1n) is 6.17. The van der Waals surface area contributed by atoms with Gasteiger partial charge in [-0.15, -0.1) is 0 Å². The van der Waals surface area contributed by atoms with E-state index in [2.05, 4.69) is 4.90 Å². The molecule has 102 valence electrons. The molecular weight excluding hydrogens is 329 g/mol. The van der Waals surface area contributed by atoms with Crippen molar-refractivity contribution >= 4 is 63.1 Å². The van der Waals surface area contributed by atoms with E-state index in [9.17, 15) is 0 Å². The molecule has 0 aromatic rings. The van der Waals surface area contributed by atoms with Crippen LogP contribution in [-0.2, 0) is 0 Å². The van der Waals surface area contributed by atoms with Crippen molar-refractivity contribution in [2.45, 2.75) is 25.7 Å². The quantitative estimate of drug-likeness (QED) is 0.648. The third-order valence-electron chi connectivity index (χ3n) is 3.71. The van der Waals surface area contributed by atoms with Crippen LogP contribution in [0.5, 0.6) is 0 Å². The molecule has 0 aromatic heterocycles. The summed E-state index contributed by atoms with van der Waals surface area (Å²) < 4.78 is 1.07. The van der Waals surface area contributed by atoms with E-state index >= 15 is 0 Å². The molecular formula is C12H16Cl3NS2. The van der Waals surface area contributed by atoms with Crippen LogP contribution in [0, 0.1) is 11.8 Å². The lowest BCUT2D eigenvalue weighted by Crippen LogP contribution is -2.31. The highest BCUT2D eigenvalue weighted by Gasteiger charge is 2.30. The monoisotopic (exact) mass is 343 g/mol. The summed E-state index contributed by atoms with van der Waals surface area (Å²) in [5.74, 6) is 2.21. The average molecular weight is 345 g/mol. The van der Waals surface area contributed by atoms with E-state index in [-0.39, 0.29) is 4.49 Å². The van der Waals surface area contributed by atoms with Gasteiger partial charge in [0.1, 0.15) is 8.81 Å². The molecule has 6 heteroatoms. The maximum Gasteiger partial charge on any atom is 0.136 e. The second-order valence-electron chi connectivity index (χ2n) is 5.01. The van der Waals surface area contributed by atoms with Gasteiger partial charge in [-0.1, -0.05) is 58.8 Å². The van der Waals surface area contributed by atoms with Gasteiger partial charge in [-0.3, -0.25) is 0 Å². The van der Waals surface area contributed by atoms with Gasteiger partial charge in [0.15, 0.2) is 0 Å². The second kappa shape index (κ2) is 7.03. The number of thiocarbonyl (C=S) groups is 1. The normalized spacial score (nSPS) is 26.9. The van der Waals surface area contributed by atoms with E-state index in [4.69, 9.17) is 47.0 Å². The number of fused-ring (bicyclic) bond motifs is 4. The third kappa shape index (κ3) is 4.17. The zero-order valence-electron chi connectivity index (χ0n) is 10.0. The lowest BCUT2D eigenvalue weighted by Gasteiger charge is -2.24. The average Bonchev–Trinajstić information content (AvgIpc) is 2.68. The van der Waals surface area contributed by atoms with Crippen molar-refractivity contribution in [3.8, 4) is 0 Å². The Balaban J connectivity index is 1.87. The molecule has 0 atom stereocenters. The van der Waals surface area contributed by atoms with Gasteiger partial charge in [0.2, 0.25) is 0 Å². The minimum absolute atomic E-state index is 0.142. The van der Waals surface area contributed by atoms with E-state index in [1.807, 2.05) is 0 Å². The molecule has 2 aliphatic heterocycles. The van der Waals surface area contributed by atoms with Gasteiger partial charge in [0, 0.05) is 18.8 Å². The molecule has 3 fully saturated rings. The first-order valence-corrected chi connectivity index (χ1v) is 8.70. The summed E-state index contributed by atoms with van der Waals surface area (Å²) in [6, 6.07) is 0. The molecule has 1 nitrogen and oxygen atoms in total. The van der Waals surface area contributed by atoms with Gasteiger partial charge in [-0.25, -0.2) is 0 Å². The van der Waals surface area contributed by atoms with Crippen LogP contribution in [0.2, 0.25) is 0 Å². The van der Waals surface area contributed by atoms with Crippen molar-refractivity contribution in [1.29, 1.82) is 0 Å². The minimum Gasteiger partial charge on any atom is -0.357 e. The van der Waals surface area contributed by atoms with Gasteiger partial charge in [0.25, 0.3) is 0 Å². The summed E-state index contributed by atoms with van der Waals surface area (Å²) in [6.07, 6.45) is 5.45. The maximum absolute atomic E-state index is 5.92. The fraction of sp³-hybridized carbons (Fsp3) is 0.750. The predicted molar refractivity (Wildman–Crippen MR) is 86.7 cm³/mol. The fourth-order valence-corrected chi connectivity index (χ4v) is 4.22. The molecule has 0 aromatic carbocycles. The van der Waals surface area contributed by atoms with Crippen LogP contribution in [0.4, 0.5) is 0 Å². The largest absolute Gasteiger partial charge is 0.357 e. The van der Waals surface area contributed by atoms with Crippen molar-refractivity contribution in [1.82, 2.24) is 4.90 Å². The highest BCUT2D eigenvalue weighted by molar-refractivity contribution is 8.23. The maximum atomic E-state index is 5.92. The lowest BCUT2D eigenvalue weighted by atomic mass is 9.84. The number of nitrogens with zero attached hydrogens (tertiary/aromatic N) is 1. The van der Waals surface area contributed by atoms with Crippen LogP contribution in [0.3, 0.4) is 0 Å². The molecule has 0 unspecified atom stereocenters. The van der Waals surface area contributed by atoms with Crippen molar-refractivity contribution in [2.24, 2.45) is 11.8 Å². The van der Waals surface area contributed by atoms with Gasteiger partial charge in [-0.05, 0) is 37.5 Å². The van der Waals surface area contributed by atoms with Crippen LogP contribution in [0.1, 0.15) is 25.7 Å². The highest BCUT2D eigenvalue weighted by atomic mass is 35.5. The molecule has 0 radical (unpaired) electrons. The summed E-state index contributed by atoms with van der Waals surface area (Å²) in [7, 11) is 0. The Morgan fingerprint density at radius 1 is 1.06 bits per heavy atom. The van der Waals surface area contributed by atoms with E-state index < -0.39 is 0 Å². The van der Waals surface area contributed by atoms with Gasteiger partial charge in [0.05, 0.1) is 5.03 Å². The molecule has 0 spiro atoms. The lowest BCUT2D eigenvalue weighted by molar-refractivity contribution is 0.326. The van der Waals surface area contributed by atoms with Gasteiger partial charge >= 0.3 is 0 Å². The highest BCUT2D eigenvalue weighted by Crippen LogP contribution is 2.35. The fourth-order valence-electron chi connectivity index (χ4n) is 2.71. The topological polar surface area (TPSA) is 3.24 Å². The molecule has 0 amide bonds. The van der Waals surface area contributed by atoms with Crippen LogP contribution < -0.4 is 0 Å². The summed E-state index contributed by atoms with van der Waals surface area (Å²) in [4.78, 5) is 2.35. The summed E-state index contributed by atoms with van der Waals surface area (Å²) in [6.45, 7) is 2.22. The van der Waals surface area contributed by atoms with Gasteiger partial charge < -0.3 is 4.90 Å². The first-order chi connectivity index (χ1) is 8.56. The summed E-state index contributed by atoms with van der Waals surface area (Å²) in [5.41, 5.74) is 0. The number of hydrogen-bond acceptors (Lipinski definition) is 2. The Bertz CT molecular complexity index is 333. The third-order valence-corrected chi connectivity index (χ3v) is 6.39. The molecule has 2 saturated heterocycles. The summed E-state index contributed by atoms with van der Waals surface area (Å²) >= 11 is 24.2. The number of rotatable bonds is 2. The van der Waals surface area contributed by atoms with Crippen molar-refractivity contribution in [3.63, 3.8) is 0 Å². The van der Waals surface area contributed by atoms with E-state index in [1.54, 1.807) is 11.8 Å². The zero-order valence-corrected chi connectivity index (χ0v) is 13.9. The van der Waals surface area contributed by atoms with Crippen molar-refractivity contribution in [2.75, 3.05) is 18.8 Å². The second-order valence-corrected chi connectivity index (χ2v) is 8.03. The molecule has 3 aliphatic rings. The Morgan fingerprint density at radius 2 is 1.56 bits per heavy atom. The molecule has 2 heterocycles. The van der Waals surface area contributed by atoms with E-state index in [0.717, 1.165) is 29.2 Å². The molecule has 0 N–H and O–H groups in total. The van der Waals surface area contributed by atoms with Crippen LogP contribution in [0.25, 0.3) is 0 Å². The minimum atomic E-state index is 0.142. The van der Waals surface area contributed by atoms with Crippen LogP contribution >= 0.6 is 58.8 Å². The zero-order chi connectivity index (χ0) is 13.1. The van der Waals surface area contributed by atoms with Crippen molar-refractivity contribution in [3.05, 3.63) is 9.52 Å². The number of halogens is 3. The Morgan fingerprint density at radius 3 is 2.00 bits per heavy atom. The Kier molecular flexibility index (Phi) is 5.95. The SMILES string of the molecule is S=C(SCC(Cl)=C(Cl)Cl)N1CC2CCC(CC2)C1. The van der Waals surface area contributed by atoms with Gasteiger partial charge in [-0.2, -0.15) is 0 Å². The molecule has 3 rings (SSSR count).